The van der Waals surface area contributed by atoms with Crippen LogP contribution < -0.4 is 0 Å². The number of hydrogen-bond acceptors (Lipinski definition) is 1. The average molecular weight is 208 g/mol. The summed E-state index contributed by atoms with van der Waals surface area (Å²) < 4.78 is 26.0. The summed E-state index contributed by atoms with van der Waals surface area (Å²) in [5.74, 6) is 0. The fraction of sp³-hybridized carbons (Fsp3) is 0.182. The number of alkyl halides is 2. The molecule has 0 amide bonds. The van der Waals surface area contributed by atoms with E-state index in [1.165, 1.54) is 17.1 Å². The van der Waals surface area contributed by atoms with Crippen LogP contribution in [0.15, 0.2) is 42.7 Å². The molecule has 0 saturated heterocycles. The van der Waals surface area contributed by atoms with Crippen LogP contribution in [0.1, 0.15) is 17.6 Å². The lowest BCUT2D eigenvalue weighted by molar-refractivity contribution is 0.151. The molecule has 4 heteroatoms. The Hall–Kier alpha value is -1.71. The summed E-state index contributed by atoms with van der Waals surface area (Å²) in [5.41, 5.74) is 1.01. The first-order valence-electron chi connectivity index (χ1n) is 4.60. The maximum atomic E-state index is 12.3. The molecule has 0 bridgehead atoms. The zero-order valence-corrected chi connectivity index (χ0v) is 7.98. The minimum absolute atomic E-state index is 0.0362. The Kier molecular flexibility index (Phi) is 2.76. The molecule has 0 fully saturated rings. The van der Waals surface area contributed by atoms with Crippen LogP contribution in [0.25, 0.3) is 0 Å². The van der Waals surface area contributed by atoms with Crippen molar-refractivity contribution in [1.29, 1.82) is 0 Å². The lowest BCUT2D eigenvalue weighted by atomic mass is 10.2. The zero-order chi connectivity index (χ0) is 10.7. The molecule has 0 radical (unpaired) electrons. The molecule has 2 nitrogen and oxygen atoms in total. The summed E-state index contributed by atoms with van der Waals surface area (Å²) in [4.78, 5) is 0. The van der Waals surface area contributed by atoms with Gasteiger partial charge in [0.15, 0.2) is 0 Å². The molecule has 1 aromatic carbocycles. The molecule has 78 valence electrons. The van der Waals surface area contributed by atoms with Crippen molar-refractivity contribution in [2.24, 2.45) is 0 Å². The summed E-state index contributed by atoms with van der Waals surface area (Å²) in [6, 6.07) is 9.60. The molecule has 1 aromatic heterocycles. The second-order valence-corrected chi connectivity index (χ2v) is 3.26. The molecule has 0 aliphatic carbocycles. The summed E-state index contributed by atoms with van der Waals surface area (Å²) in [7, 11) is 0. The van der Waals surface area contributed by atoms with Crippen LogP contribution in [0.2, 0.25) is 0 Å². The highest BCUT2D eigenvalue weighted by Crippen LogP contribution is 2.17. The number of halogens is 2. The van der Waals surface area contributed by atoms with E-state index < -0.39 is 6.43 Å². The summed E-state index contributed by atoms with van der Waals surface area (Å²) >= 11 is 0. The third-order valence-corrected chi connectivity index (χ3v) is 2.09. The predicted molar refractivity (Wildman–Crippen MR) is 52.7 cm³/mol. The van der Waals surface area contributed by atoms with Gasteiger partial charge >= 0.3 is 0 Å². The topological polar surface area (TPSA) is 17.8 Å². The fourth-order valence-corrected chi connectivity index (χ4v) is 1.35. The molecule has 0 N–H and O–H groups in total. The Morgan fingerprint density at radius 3 is 2.53 bits per heavy atom. The van der Waals surface area contributed by atoms with Crippen LogP contribution in [-0.4, -0.2) is 9.78 Å². The molecule has 2 rings (SSSR count). The smallest absolute Gasteiger partial charge is 0.266 e. The van der Waals surface area contributed by atoms with E-state index in [2.05, 4.69) is 5.10 Å². The predicted octanol–water partition coefficient (Wildman–Crippen LogP) is 2.87. The molecule has 0 atom stereocenters. The summed E-state index contributed by atoms with van der Waals surface area (Å²) in [6.45, 7) is 0.521. The summed E-state index contributed by atoms with van der Waals surface area (Å²) in [6.07, 6.45) is 0.125. The van der Waals surface area contributed by atoms with Crippen molar-refractivity contribution in [2.45, 2.75) is 13.0 Å². The van der Waals surface area contributed by atoms with Crippen molar-refractivity contribution >= 4 is 0 Å². The molecule has 0 unspecified atom stereocenters. The van der Waals surface area contributed by atoms with Crippen molar-refractivity contribution in [3.8, 4) is 0 Å². The number of rotatable bonds is 3. The second-order valence-electron chi connectivity index (χ2n) is 3.26. The van der Waals surface area contributed by atoms with Crippen molar-refractivity contribution in [3.05, 3.63) is 53.9 Å². The molecule has 0 aliphatic rings. The minimum Gasteiger partial charge on any atom is -0.268 e. The molecular weight excluding hydrogens is 198 g/mol. The normalized spacial score (nSPS) is 10.9. The van der Waals surface area contributed by atoms with E-state index in [4.69, 9.17) is 0 Å². The Bertz CT molecular complexity index is 423. The third-order valence-electron chi connectivity index (χ3n) is 2.09. The second kappa shape index (κ2) is 4.21. The van der Waals surface area contributed by atoms with Gasteiger partial charge in [-0.2, -0.15) is 5.10 Å². The van der Waals surface area contributed by atoms with Gasteiger partial charge in [0.2, 0.25) is 0 Å². The standard InChI is InChI=1S/C11H10F2N2/c12-11(13)10-6-14-15(8-10)7-9-4-2-1-3-5-9/h1-6,8,11H,7H2. The fourth-order valence-electron chi connectivity index (χ4n) is 1.35. The van der Waals surface area contributed by atoms with E-state index in [1.54, 1.807) is 0 Å². The lowest BCUT2D eigenvalue weighted by Crippen LogP contribution is -1.99. The van der Waals surface area contributed by atoms with Gasteiger partial charge in [0, 0.05) is 6.20 Å². The number of nitrogens with zero attached hydrogens (tertiary/aromatic N) is 2. The first-order chi connectivity index (χ1) is 7.25. The van der Waals surface area contributed by atoms with E-state index in [0.717, 1.165) is 5.56 Å². The Balaban J connectivity index is 2.12. The lowest BCUT2D eigenvalue weighted by Gasteiger charge is -2.00. The number of benzene rings is 1. The maximum absolute atomic E-state index is 12.3. The van der Waals surface area contributed by atoms with Crippen molar-refractivity contribution in [3.63, 3.8) is 0 Å². The molecule has 15 heavy (non-hydrogen) atoms. The first kappa shape index (κ1) is 9.83. The zero-order valence-electron chi connectivity index (χ0n) is 7.98. The van der Waals surface area contributed by atoms with E-state index >= 15 is 0 Å². The van der Waals surface area contributed by atoms with Crippen LogP contribution in [0.3, 0.4) is 0 Å². The quantitative estimate of drug-likeness (QED) is 0.758. The van der Waals surface area contributed by atoms with Crippen LogP contribution in [0.5, 0.6) is 0 Å². The number of aromatic nitrogens is 2. The third kappa shape index (κ3) is 2.40. The minimum atomic E-state index is -2.45. The van der Waals surface area contributed by atoms with Crippen molar-refractivity contribution in [1.82, 2.24) is 9.78 Å². The number of hydrogen-bond donors (Lipinski definition) is 0. The van der Waals surface area contributed by atoms with E-state index in [1.807, 2.05) is 30.3 Å². The van der Waals surface area contributed by atoms with E-state index in [9.17, 15) is 8.78 Å². The molecular formula is C11H10F2N2. The van der Waals surface area contributed by atoms with Gasteiger partial charge in [-0.25, -0.2) is 8.78 Å². The average Bonchev–Trinajstić information content (AvgIpc) is 2.68. The highest BCUT2D eigenvalue weighted by atomic mass is 19.3. The van der Waals surface area contributed by atoms with Gasteiger partial charge in [-0.05, 0) is 5.56 Å². The highest BCUT2D eigenvalue weighted by Gasteiger charge is 2.09. The van der Waals surface area contributed by atoms with Crippen molar-refractivity contribution in [2.75, 3.05) is 0 Å². The van der Waals surface area contributed by atoms with E-state index in [0.29, 0.717) is 6.54 Å². The highest BCUT2D eigenvalue weighted by molar-refractivity contribution is 5.15. The molecule has 2 aromatic rings. The van der Waals surface area contributed by atoms with Gasteiger partial charge in [0.1, 0.15) is 0 Å². The van der Waals surface area contributed by atoms with Gasteiger partial charge in [-0.15, -0.1) is 0 Å². The van der Waals surface area contributed by atoms with Crippen molar-refractivity contribution < 1.29 is 8.78 Å². The van der Waals surface area contributed by atoms with Crippen LogP contribution >= 0.6 is 0 Å². The summed E-state index contributed by atoms with van der Waals surface area (Å²) in [5, 5.41) is 3.87. The van der Waals surface area contributed by atoms with Gasteiger partial charge in [0.05, 0.1) is 18.3 Å². The van der Waals surface area contributed by atoms with Gasteiger partial charge in [-0.3, -0.25) is 4.68 Å². The van der Waals surface area contributed by atoms with Gasteiger partial charge in [-0.1, -0.05) is 30.3 Å². The monoisotopic (exact) mass is 208 g/mol. The SMILES string of the molecule is FC(F)c1cnn(Cc2ccccc2)c1. The van der Waals surface area contributed by atoms with Crippen LogP contribution in [0, 0.1) is 0 Å². The maximum Gasteiger partial charge on any atom is 0.266 e. The molecule has 0 saturated carbocycles. The van der Waals surface area contributed by atoms with Crippen LogP contribution in [-0.2, 0) is 6.54 Å². The Morgan fingerprint density at radius 2 is 1.93 bits per heavy atom. The largest absolute Gasteiger partial charge is 0.268 e. The molecule has 1 heterocycles. The molecule has 0 spiro atoms. The van der Waals surface area contributed by atoms with Crippen LogP contribution in [0.4, 0.5) is 8.78 Å². The first-order valence-corrected chi connectivity index (χ1v) is 4.60. The van der Waals surface area contributed by atoms with E-state index in [-0.39, 0.29) is 5.56 Å². The molecule has 0 aliphatic heterocycles. The van der Waals surface area contributed by atoms with Gasteiger partial charge in [0.25, 0.3) is 6.43 Å². The Morgan fingerprint density at radius 1 is 1.20 bits per heavy atom. The van der Waals surface area contributed by atoms with Gasteiger partial charge < -0.3 is 0 Å². The Labute approximate surface area is 86.2 Å².